The molecule has 1 aliphatic rings. The minimum absolute atomic E-state index is 0.0480. The van der Waals surface area contributed by atoms with Crippen molar-refractivity contribution >= 4 is 28.8 Å². The smallest absolute Gasteiger partial charge is 0.227 e. The zero-order valence-electron chi connectivity index (χ0n) is 13.4. The summed E-state index contributed by atoms with van der Waals surface area (Å²) in [6.07, 6.45) is 1.32. The van der Waals surface area contributed by atoms with Crippen LogP contribution in [0.1, 0.15) is 16.9 Å². The minimum atomic E-state index is 0.0480. The maximum atomic E-state index is 12.5. The number of hydrogen-bond donors (Lipinski definition) is 1. The van der Waals surface area contributed by atoms with Gasteiger partial charge in [-0.1, -0.05) is 23.7 Å². The highest BCUT2D eigenvalue weighted by molar-refractivity contribution is 7.09. The molecule has 3 rings (SSSR count). The molecular weight excluding hydrogens is 344 g/mol. The lowest BCUT2D eigenvalue weighted by molar-refractivity contribution is -0.130. The normalized spacial score (nSPS) is 16.1. The maximum absolute atomic E-state index is 12.5. The van der Waals surface area contributed by atoms with Crippen LogP contribution >= 0.6 is 22.9 Å². The number of carbonyl (C=O) groups is 1. The van der Waals surface area contributed by atoms with Crippen molar-refractivity contribution < 1.29 is 9.90 Å². The van der Waals surface area contributed by atoms with E-state index in [1.165, 1.54) is 10.9 Å². The van der Waals surface area contributed by atoms with Crippen LogP contribution in [0.5, 0.6) is 5.75 Å². The maximum Gasteiger partial charge on any atom is 0.227 e. The summed E-state index contributed by atoms with van der Waals surface area (Å²) >= 11 is 7.69. The number of amides is 1. The molecule has 0 spiro atoms. The molecule has 1 saturated heterocycles. The Kier molecular flexibility index (Phi) is 5.76. The Balaban J connectivity index is 1.55. The highest BCUT2D eigenvalue weighted by atomic mass is 35.5. The third-order valence-electron chi connectivity index (χ3n) is 4.27. The quantitative estimate of drug-likeness (QED) is 0.904. The SMILES string of the molecule is O=C(Cc1ccc(O)c(Cl)c1)N1CCCN(Cc2cccs2)CC1. The summed E-state index contributed by atoms with van der Waals surface area (Å²) in [6, 6.07) is 9.19. The number of halogens is 1. The van der Waals surface area contributed by atoms with Gasteiger partial charge in [-0.05, 0) is 35.6 Å². The average molecular weight is 365 g/mol. The second kappa shape index (κ2) is 8.01. The van der Waals surface area contributed by atoms with E-state index < -0.39 is 0 Å². The van der Waals surface area contributed by atoms with Crippen molar-refractivity contribution in [1.29, 1.82) is 0 Å². The molecule has 1 aromatic carbocycles. The van der Waals surface area contributed by atoms with Crippen LogP contribution in [0, 0.1) is 0 Å². The summed E-state index contributed by atoms with van der Waals surface area (Å²) in [5.41, 5.74) is 0.836. The number of thiophene rings is 1. The van der Waals surface area contributed by atoms with Crippen LogP contribution in [-0.4, -0.2) is 47.0 Å². The molecule has 0 atom stereocenters. The number of phenols is 1. The van der Waals surface area contributed by atoms with E-state index in [2.05, 4.69) is 22.4 Å². The van der Waals surface area contributed by atoms with Crippen molar-refractivity contribution in [3.63, 3.8) is 0 Å². The number of carbonyl (C=O) groups excluding carboxylic acids is 1. The van der Waals surface area contributed by atoms with Gasteiger partial charge in [0, 0.05) is 37.6 Å². The van der Waals surface area contributed by atoms with Gasteiger partial charge in [-0.15, -0.1) is 11.3 Å². The number of benzene rings is 1. The Labute approximate surface area is 151 Å². The molecule has 24 heavy (non-hydrogen) atoms. The standard InChI is InChI=1S/C18H21ClN2O2S/c19-16-11-14(4-5-17(16)22)12-18(23)21-7-2-6-20(8-9-21)13-15-3-1-10-24-15/h1,3-5,10-11,22H,2,6-9,12-13H2. The molecule has 2 heterocycles. The molecule has 1 aliphatic heterocycles. The van der Waals surface area contributed by atoms with E-state index in [1.54, 1.807) is 23.5 Å². The summed E-state index contributed by atoms with van der Waals surface area (Å²) in [5.74, 6) is 0.168. The zero-order valence-corrected chi connectivity index (χ0v) is 15.0. The van der Waals surface area contributed by atoms with Gasteiger partial charge in [0.25, 0.3) is 0 Å². The first-order valence-electron chi connectivity index (χ1n) is 8.12. The molecule has 1 aromatic heterocycles. The second-order valence-corrected chi connectivity index (χ2v) is 7.49. The largest absolute Gasteiger partial charge is 0.506 e. The number of hydrogen-bond acceptors (Lipinski definition) is 4. The van der Waals surface area contributed by atoms with Gasteiger partial charge >= 0.3 is 0 Å². The highest BCUT2D eigenvalue weighted by Crippen LogP contribution is 2.24. The first-order chi connectivity index (χ1) is 11.6. The molecule has 1 amide bonds. The van der Waals surface area contributed by atoms with Crippen molar-refractivity contribution in [3.8, 4) is 5.75 Å². The van der Waals surface area contributed by atoms with E-state index in [0.29, 0.717) is 11.4 Å². The van der Waals surface area contributed by atoms with Crippen molar-refractivity contribution in [2.45, 2.75) is 19.4 Å². The Morgan fingerprint density at radius 1 is 1.21 bits per heavy atom. The molecule has 6 heteroatoms. The topological polar surface area (TPSA) is 43.8 Å². The Morgan fingerprint density at radius 3 is 2.83 bits per heavy atom. The van der Waals surface area contributed by atoms with Crippen LogP contribution in [0.2, 0.25) is 5.02 Å². The number of phenolic OH excluding ortho intramolecular Hbond substituents is 1. The van der Waals surface area contributed by atoms with Gasteiger partial charge in [0.15, 0.2) is 0 Å². The minimum Gasteiger partial charge on any atom is -0.506 e. The molecule has 1 fully saturated rings. The second-order valence-electron chi connectivity index (χ2n) is 6.05. The predicted molar refractivity (Wildman–Crippen MR) is 97.6 cm³/mol. The van der Waals surface area contributed by atoms with Gasteiger partial charge < -0.3 is 10.0 Å². The fourth-order valence-electron chi connectivity index (χ4n) is 2.95. The third kappa shape index (κ3) is 4.50. The third-order valence-corrected chi connectivity index (χ3v) is 5.43. The molecular formula is C18H21ClN2O2S. The lowest BCUT2D eigenvalue weighted by atomic mass is 10.1. The van der Waals surface area contributed by atoms with E-state index >= 15 is 0 Å². The molecule has 2 aromatic rings. The first-order valence-corrected chi connectivity index (χ1v) is 9.37. The molecule has 128 valence electrons. The Hall–Kier alpha value is -1.56. The fourth-order valence-corrected chi connectivity index (χ4v) is 3.90. The van der Waals surface area contributed by atoms with Gasteiger partial charge in [0.05, 0.1) is 11.4 Å². The van der Waals surface area contributed by atoms with Crippen molar-refractivity contribution in [1.82, 2.24) is 9.80 Å². The summed E-state index contributed by atoms with van der Waals surface area (Å²) in [5, 5.41) is 11.9. The van der Waals surface area contributed by atoms with Crippen molar-refractivity contribution in [2.75, 3.05) is 26.2 Å². The molecule has 0 saturated carbocycles. The Morgan fingerprint density at radius 2 is 2.08 bits per heavy atom. The fraction of sp³-hybridized carbons (Fsp3) is 0.389. The first kappa shape index (κ1) is 17.3. The van der Waals surface area contributed by atoms with Crippen LogP contribution in [0.25, 0.3) is 0 Å². The van der Waals surface area contributed by atoms with E-state index in [-0.39, 0.29) is 11.7 Å². The number of nitrogens with zero attached hydrogens (tertiary/aromatic N) is 2. The highest BCUT2D eigenvalue weighted by Gasteiger charge is 2.19. The number of aromatic hydroxyl groups is 1. The molecule has 0 radical (unpaired) electrons. The lowest BCUT2D eigenvalue weighted by Gasteiger charge is -2.22. The lowest BCUT2D eigenvalue weighted by Crippen LogP contribution is -2.36. The summed E-state index contributed by atoms with van der Waals surface area (Å²) in [6.45, 7) is 4.45. The van der Waals surface area contributed by atoms with Crippen LogP contribution in [0.3, 0.4) is 0 Å². The van der Waals surface area contributed by atoms with Gasteiger partial charge in [0.1, 0.15) is 5.75 Å². The number of rotatable bonds is 4. The van der Waals surface area contributed by atoms with Gasteiger partial charge in [-0.3, -0.25) is 9.69 Å². The van der Waals surface area contributed by atoms with Crippen molar-refractivity contribution in [3.05, 3.63) is 51.2 Å². The zero-order chi connectivity index (χ0) is 16.9. The molecule has 0 unspecified atom stereocenters. The molecule has 0 aliphatic carbocycles. The average Bonchev–Trinajstić information content (AvgIpc) is 2.95. The monoisotopic (exact) mass is 364 g/mol. The summed E-state index contributed by atoms with van der Waals surface area (Å²) < 4.78 is 0. The summed E-state index contributed by atoms with van der Waals surface area (Å²) in [4.78, 5) is 18.3. The van der Waals surface area contributed by atoms with Gasteiger partial charge in [-0.2, -0.15) is 0 Å². The van der Waals surface area contributed by atoms with Crippen LogP contribution in [0.4, 0.5) is 0 Å². The van der Waals surface area contributed by atoms with Crippen LogP contribution < -0.4 is 0 Å². The van der Waals surface area contributed by atoms with Crippen molar-refractivity contribution in [2.24, 2.45) is 0 Å². The van der Waals surface area contributed by atoms with Gasteiger partial charge in [0.2, 0.25) is 5.91 Å². The van der Waals surface area contributed by atoms with Crippen LogP contribution in [-0.2, 0) is 17.8 Å². The molecule has 1 N–H and O–H groups in total. The van der Waals surface area contributed by atoms with Crippen LogP contribution in [0.15, 0.2) is 35.7 Å². The summed E-state index contributed by atoms with van der Waals surface area (Å²) in [7, 11) is 0. The van der Waals surface area contributed by atoms with Gasteiger partial charge in [-0.25, -0.2) is 0 Å². The molecule has 4 nitrogen and oxygen atoms in total. The Bertz CT molecular complexity index is 690. The van der Waals surface area contributed by atoms with E-state index in [1.807, 2.05) is 4.90 Å². The predicted octanol–water partition coefficient (Wildman–Crippen LogP) is 3.38. The molecule has 0 bridgehead atoms. The van der Waals surface area contributed by atoms with E-state index in [0.717, 1.165) is 44.7 Å². The van der Waals surface area contributed by atoms with E-state index in [9.17, 15) is 9.90 Å². The van der Waals surface area contributed by atoms with E-state index in [4.69, 9.17) is 11.6 Å².